The van der Waals surface area contributed by atoms with Gasteiger partial charge >= 0.3 is 0 Å². The van der Waals surface area contributed by atoms with E-state index in [2.05, 4.69) is 10.2 Å². The molecule has 0 aromatic heterocycles. The SMILES string of the molecule is O=C(CCC1CCNCC1)N1CCN(Cc2cccc(O)c2)CC1. The lowest BCUT2D eigenvalue weighted by molar-refractivity contribution is -0.133. The molecule has 5 nitrogen and oxygen atoms in total. The number of nitrogens with zero attached hydrogens (tertiary/aromatic N) is 2. The van der Waals surface area contributed by atoms with Gasteiger partial charge in [0.1, 0.15) is 5.75 Å². The maximum atomic E-state index is 12.4. The van der Waals surface area contributed by atoms with Gasteiger partial charge in [0.25, 0.3) is 0 Å². The van der Waals surface area contributed by atoms with E-state index >= 15 is 0 Å². The number of piperidine rings is 1. The molecule has 2 aliphatic heterocycles. The van der Waals surface area contributed by atoms with Gasteiger partial charge in [0.05, 0.1) is 0 Å². The fourth-order valence-corrected chi connectivity index (χ4v) is 3.72. The van der Waals surface area contributed by atoms with Crippen LogP contribution < -0.4 is 5.32 Å². The predicted octanol–water partition coefficient (Wildman–Crippen LogP) is 1.82. The highest BCUT2D eigenvalue weighted by Gasteiger charge is 2.22. The molecule has 2 heterocycles. The van der Waals surface area contributed by atoms with Gasteiger partial charge in [0.2, 0.25) is 5.91 Å². The minimum atomic E-state index is 0.319. The number of rotatable bonds is 5. The fourth-order valence-electron chi connectivity index (χ4n) is 3.72. The Kier molecular flexibility index (Phi) is 6.10. The number of benzene rings is 1. The van der Waals surface area contributed by atoms with Crippen LogP contribution in [0.15, 0.2) is 24.3 Å². The van der Waals surface area contributed by atoms with Crippen LogP contribution in [0.4, 0.5) is 0 Å². The van der Waals surface area contributed by atoms with Crippen LogP contribution in [0.3, 0.4) is 0 Å². The molecule has 2 saturated heterocycles. The molecule has 0 unspecified atom stereocenters. The molecule has 132 valence electrons. The molecule has 0 saturated carbocycles. The molecule has 2 N–H and O–H groups in total. The predicted molar refractivity (Wildman–Crippen MR) is 94.8 cm³/mol. The zero-order valence-electron chi connectivity index (χ0n) is 14.4. The first-order chi connectivity index (χ1) is 11.7. The summed E-state index contributed by atoms with van der Waals surface area (Å²) in [6.45, 7) is 6.52. The minimum Gasteiger partial charge on any atom is -0.508 e. The van der Waals surface area contributed by atoms with Gasteiger partial charge in [-0.1, -0.05) is 12.1 Å². The number of piperazine rings is 1. The molecule has 2 aliphatic rings. The summed E-state index contributed by atoms with van der Waals surface area (Å²) in [6, 6.07) is 7.43. The third-order valence-electron chi connectivity index (χ3n) is 5.27. The molecule has 2 fully saturated rings. The molecule has 0 aliphatic carbocycles. The zero-order chi connectivity index (χ0) is 16.8. The lowest BCUT2D eigenvalue weighted by Crippen LogP contribution is -2.48. The molecule has 24 heavy (non-hydrogen) atoms. The van der Waals surface area contributed by atoms with Crippen molar-refractivity contribution in [3.8, 4) is 5.75 Å². The van der Waals surface area contributed by atoms with Crippen LogP contribution in [0.1, 0.15) is 31.2 Å². The molecule has 1 amide bonds. The van der Waals surface area contributed by atoms with Crippen LogP contribution in [0.2, 0.25) is 0 Å². The maximum Gasteiger partial charge on any atom is 0.222 e. The molecule has 0 atom stereocenters. The summed E-state index contributed by atoms with van der Waals surface area (Å²) < 4.78 is 0. The molecule has 5 heteroatoms. The Balaban J connectivity index is 1.38. The highest BCUT2D eigenvalue weighted by atomic mass is 16.3. The lowest BCUT2D eigenvalue weighted by Gasteiger charge is -2.35. The summed E-state index contributed by atoms with van der Waals surface area (Å²) in [6.07, 6.45) is 4.18. The standard InChI is InChI=1S/C19H29N3O2/c23-18-3-1-2-17(14-18)15-21-10-12-22(13-11-21)19(24)5-4-16-6-8-20-9-7-16/h1-3,14,16,20,23H,4-13,15H2. The van der Waals surface area contributed by atoms with Crippen molar-refractivity contribution in [2.24, 2.45) is 5.92 Å². The van der Waals surface area contributed by atoms with E-state index in [0.717, 1.165) is 63.7 Å². The first kappa shape index (κ1) is 17.2. The van der Waals surface area contributed by atoms with Gasteiger partial charge < -0.3 is 15.3 Å². The van der Waals surface area contributed by atoms with Gasteiger partial charge in [-0.3, -0.25) is 9.69 Å². The van der Waals surface area contributed by atoms with Gasteiger partial charge in [-0.25, -0.2) is 0 Å². The molecule has 0 spiro atoms. The number of hydrogen-bond donors (Lipinski definition) is 2. The normalized spacial score (nSPS) is 20.2. The first-order valence-electron chi connectivity index (χ1n) is 9.19. The van der Waals surface area contributed by atoms with Crippen molar-refractivity contribution in [2.45, 2.75) is 32.2 Å². The van der Waals surface area contributed by atoms with E-state index in [1.807, 2.05) is 23.1 Å². The molecule has 1 aromatic carbocycles. The highest BCUT2D eigenvalue weighted by molar-refractivity contribution is 5.76. The maximum absolute atomic E-state index is 12.4. The third kappa shape index (κ3) is 4.95. The van der Waals surface area contributed by atoms with Gasteiger partial charge in [-0.2, -0.15) is 0 Å². The number of carbonyl (C=O) groups is 1. The Morgan fingerprint density at radius 1 is 1.17 bits per heavy atom. The summed E-state index contributed by atoms with van der Waals surface area (Å²) in [7, 11) is 0. The summed E-state index contributed by atoms with van der Waals surface area (Å²) in [5, 5.41) is 12.9. The van der Waals surface area contributed by atoms with Gasteiger partial charge in [0, 0.05) is 39.1 Å². The lowest BCUT2D eigenvalue weighted by atomic mass is 9.93. The van der Waals surface area contributed by atoms with E-state index in [1.165, 1.54) is 12.8 Å². The van der Waals surface area contributed by atoms with Crippen LogP contribution in [0, 0.1) is 5.92 Å². The first-order valence-corrected chi connectivity index (χ1v) is 9.19. The van der Waals surface area contributed by atoms with Crippen molar-refractivity contribution >= 4 is 5.91 Å². The molecule has 3 rings (SSSR count). The van der Waals surface area contributed by atoms with Crippen LogP contribution >= 0.6 is 0 Å². The average Bonchev–Trinajstić information content (AvgIpc) is 2.61. The second-order valence-electron chi connectivity index (χ2n) is 7.06. The Morgan fingerprint density at radius 3 is 2.62 bits per heavy atom. The van der Waals surface area contributed by atoms with Crippen LogP contribution in [0.25, 0.3) is 0 Å². The van der Waals surface area contributed by atoms with E-state index in [-0.39, 0.29) is 0 Å². The smallest absolute Gasteiger partial charge is 0.222 e. The molecule has 1 aromatic rings. The Hall–Kier alpha value is -1.59. The second-order valence-corrected chi connectivity index (χ2v) is 7.06. The van der Waals surface area contributed by atoms with Gasteiger partial charge in [-0.05, 0) is 56.0 Å². The highest BCUT2D eigenvalue weighted by Crippen LogP contribution is 2.19. The van der Waals surface area contributed by atoms with Crippen molar-refractivity contribution in [2.75, 3.05) is 39.3 Å². The van der Waals surface area contributed by atoms with E-state index in [0.29, 0.717) is 18.1 Å². The number of phenols is 1. The molecular formula is C19H29N3O2. The number of phenolic OH excluding ortho intramolecular Hbond substituents is 1. The second kappa shape index (κ2) is 8.49. The Morgan fingerprint density at radius 2 is 1.92 bits per heavy atom. The number of nitrogens with one attached hydrogen (secondary N) is 1. The van der Waals surface area contributed by atoms with E-state index in [9.17, 15) is 9.90 Å². The van der Waals surface area contributed by atoms with Crippen molar-refractivity contribution in [3.05, 3.63) is 29.8 Å². The molecule has 0 bridgehead atoms. The van der Waals surface area contributed by atoms with Gasteiger partial charge in [0.15, 0.2) is 0 Å². The number of amides is 1. The zero-order valence-corrected chi connectivity index (χ0v) is 14.4. The van der Waals surface area contributed by atoms with Crippen LogP contribution in [0.5, 0.6) is 5.75 Å². The van der Waals surface area contributed by atoms with Crippen LogP contribution in [-0.4, -0.2) is 60.1 Å². The van der Waals surface area contributed by atoms with Crippen molar-refractivity contribution in [1.82, 2.24) is 15.1 Å². The van der Waals surface area contributed by atoms with E-state index in [1.54, 1.807) is 6.07 Å². The van der Waals surface area contributed by atoms with E-state index in [4.69, 9.17) is 0 Å². The Labute approximate surface area is 144 Å². The van der Waals surface area contributed by atoms with Crippen molar-refractivity contribution in [3.63, 3.8) is 0 Å². The molecule has 0 radical (unpaired) electrons. The summed E-state index contributed by atoms with van der Waals surface area (Å²) >= 11 is 0. The fraction of sp³-hybridized carbons (Fsp3) is 0.632. The van der Waals surface area contributed by atoms with Gasteiger partial charge in [-0.15, -0.1) is 0 Å². The summed E-state index contributed by atoms with van der Waals surface area (Å²) in [5.74, 6) is 1.37. The number of aromatic hydroxyl groups is 1. The largest absolute Gasteiger partial charge is 0.508 e. The monoisotopic (exact) mass is 331 g/mol. The van der Waals surface area contributed by atoms with Crippen LogP contribution in [-0.2, 0) is 11.3 Å². The quantitative estimate of drug-likeness (QED) is 0.864. The Bertz CT molecular complexity index is 535. The molecular weight excluding hydrogens is 302 g/mol. The van der Waals surface area contributed by atoms with Crippen molar-refractivity contribution in [1.29, 1.82) is 0 Å². The van der Waals surface area contributed by atoms with E-state index < -0.39 is 0 Å². The number of hydrogen-bond acceptors (Lipinski definition) is 4. The minimum absolute atomic E-state index is 0.319. The van der Waals surface area contributed by atoms with Crippen molar-refractivity contribution < 1.29 is 9.90 Å². The summed E-state index contributed by atoms with van der Waals surface area (Å²) in [4.78, 5) is 16.8. The number of carbonyl (C=O) groups excluding carboxylic acids is 1. The topological polar surface area (TPSA) is 55.8 Å². The average molecular weight is 331 g/mol. The third-order valence-corrected chi connectivity index (χ3v) is 5.27. The summed E-state index contributed by atoms with van der Waals surface area (Å²) in [5.41, 5.74) is 1.13.